The first-order valence-electron chi connectivity index (χ1n) is 11.6. The number of furan rings is 1. The Morgan fingerprint density at radius 2 is 1.62 bits per heavy atom. The van der Waals surface area contributed by atoms with E-state index in [9.17, 15) is 13.2 Å². The molecule has 0 fully saturated rings. The summed E-state index contributed by atoms with van der Waals surface area (Å²) in [7, 11) is -3.85. The molecule has 4 aromatic rings. The molecule has 0 saturated heterocycles. The van der Waals surface area contributed by atoms with Gasteiger partial charge in [0.1, 0.15) is 11.5 Å². The highest BCUT2D eigenvalue weighted by Gasteiger charge is 2.26. The molecular formula is C28H26ClN3O4S. The van der Waals surface area contributed by atoms with Gasteiger partial charge in [-0.25, -0.2) is 13.8 Å². The lowest BCUT2D eigenvalue weighted by Gasteiger charge is -2.21. The summed E-state index contributed by atoms with van der Waals surface area (Å²) in [5.74, 6) is 0.559. The molecule has 1 N–H and O–H groups in total. The van der Waals surface area contributed by atoms with Gasteiger partial charge in [0.15, 0.2) is 0 Å². The lowest BCUT2D eigenvalue weighted by atomic mass is 10.1. The Balaban J connectivity index is 1.47. The molecule has 190 valence electrons. The van der Waals surface area contributed by atoms with Crippen molar-refractivity contribution < 1.29 is 17.6 Å². The third-order valence-electron chi connectivity index (χ3n) is 5.53. The third kappa shape index (κ3) is 7.39. The van der Waals surface area contributed by atoms with E-state index in [4.69, 9.17) is 16.0 Å². The number of aryl methyl sites for hydroxylation is 1. The molecule has 1 aromatic heterocycles. The van der Waals surface area contributed by atoms with Crippen LogP contribution in [0.2, 0.25) is 5.02 Å². The van der Waals surface area contributed by atoms with Crippen molar-refractivity contribution in [1.82, 2.24) is 9.73 Å². The first-order valence-corrected chi connectivity index (χ1v) is 13.4. The number of carbonyl (C=O) groups is 1. The second-order valence-corrected chi connectivity index (χ2v) is 10.8. The van der Waals surface area contributed by atoms with E-state index in [0.29, 0.717) is 16.5 Å². The predicted octanol–water partition coefficient (Wildman–Crippen LogP) is 5.33. The maximum atomic E-state index is 13.5. The minimum atomic E-state index is -3.85. The number of sulfonamides is 1. The number of amides is 1. The van der Waals surface area contributed by atoms with Crippen molar-refractivity contribution in [2.45, 2.75) is 31.3 Å². The fourth-order valence-electron chi connectivity index (χ4n) is 3.59. The highest BCUT2D eigenvalue weighted by molar-refractivity contribution is 7.89. The Hall–Kier alpha value is -3.72. The van der Waals surface area contributed by atoms with Gasteiger partial charge in [-0.1, -0.05) is 71.8 Å². The molecule has 0 aliphatic carbocycles. The smallest absolute Gasteiger partial charge is 0.244 e. The Kier molecular flexibility index (Phi) is 8.55. The zero-order valence-corrected chi connectivity index (χ0v) is 21.7. The van der Waals surface area contributed by atoms with Crippen LogP contribution < -0.4 is 5.43 Å². The molecule has 9 heteroatoms. The van der Waals surface area contributed by atoms with Gasteiger partial charge in [0.2, 0.25) is 15.9 Å². The molecule has 0 aliphatic heterocycles. The van der Waals surface area contributed by atoms with Gasteiger partial charge < -0.3 is 4.42 Å². The van der Waals surface area contributed by atoms with Crippen LogP contribution in [0.25, 0.3) is 0 Å². The lowest BCUT2D eigenvalue weighted by molar-refractivity contribution is -0.120. The Bertz CT molecular complexity index is 1470. The van der Waals surface area contributed by atoms with Crippen LogP contribution in [0.3, 0.4) is 0 Å². The van der Waals surface area contributed by atoms with Gasteiger partial charge in [0.05, 0.1) is 24.1 Å². The van der Waals surface area contributed by atoms with Gasteiger partial charge in [0, 0.05) is 11.6 Å². The van der Waals surface area contributed by atoms with Crippen molar-refractivity contribution in [3.05, 3.63) is 124 Å². The van der Waals surface area contributed by atoms with Crippen molar-refractivity contribution in [3.63, 3.8) is 0 Å². The van der Waals surface area contributed by atoms with Crippen molar-refractivity contribution in [2.75, 3.05) is 0 Å². The van der Waals surface area contributed by atoms with Crippen LogP contribution in [-0.4, -0.2) is 24.8 Å². The van der Waals surface area contributed by atoms with Crippen LogP contribution in [0.4, 0.5) is 0 Å². The molecule has 0 saturated carbocycles. The van der Waals surface area contributed by atoms with Crippen molar-refractivity contribution in [1.29, 1.82) is 0 Å². The van der Waals surface area contributed by atoms with E-state index in [2.05, 4.69) is 10.5 Å². The molecule has 0 radical (unpaired) electrons. The minimum Gasteiger partial charge on any atom is -0.459 e. The van der Waals surface area contributed by atoms with E-state index in [-0.39, 0.29) is 30.3 Å². The van der Waals surface area contributed by atoms with Crippen molar-refractivity contribution in [2.24, 2.45) is 5.10 Å². The van der Waals surface area contributed by atoms with Crippen LogP contribution in [-0.2, 0) is 34.3 Å². The lowest BCUT2D eigenvalue weighted by Crippen LogP contribution is -2.30. The molecule has 0 aliphatic rings. The highest BCUT2D eigenvalue weighted by atomic mass is 35.5. The van der Waals surface area contributed by atoms with Crippen LogP contribution in [0.15, 0.2) is 105 Å². The molecule has 0 unspecified atom stereocenters. The summed E-state index contributed by atoms with van der Waals surface area (Å²) in [5.41, 5.74) is 5.28. The number of hydrogen-bond donors (Lipinski definition) is 1. The maximum Gasteiger partial charge on any atom is 0.244 e. The summed E-state index contributed by atoms with van der Waals surface area (Å²) in [6, 6.07) is 26.4. The number of rotatable bonds is 10. The standard InChI is InChI=1S/C28H26ClN3O4S/c1-21-7-9-23(10-8-21)19-32(37(34,35)27-15-11-24(29)12-16-27)20-26-14-13-25(36-26)18-30-31-28(33)17-22-5-3-2-4-6-22/h2-16,18H,17,19-20H2,1H3,(H,31,33)/b30-18-. The Morgan fingerprint density at radius 3 is 2.32 bits per heavy atom. The number of nitrogens with one attached hydrogen (secondary N) is 1. The summed E-state index contributed by atoms with van der Waals surface area (Å²) in [6.07, 6.45) is 1.59. The molecule has 0 bridgehead atoms. The van der Waals surface area contributed by atoms with Gasteiger partial charge in [-0.05, 0) is 54.4 Å². The molecule has 1 heterocycles. The van der Waals surface area contributed by atoms with Gasteiger partial charge in [0.25, 0.3) is 0 Å². The number of hydrogen-bond acceptors (Lipinski definition) is 5. The van der Waals surface area contributed by atoms with E-state index in [1.807, 2.05) is 61.5 Å². The van der Waals surface area contributed by atoms with E-state index < -0.39 is 10.0 Å². The van der Waals surface area contributed by atoms with E-state index in [0.717, 1.165) is 16.7 Å². The van der Waals surface area contributed by atoms with Crippen LogP contribution in [0.1, 0.15) is 28.2 Å². The molecular weight excluding hydrogens is 510 g/mol. The summed E-state index contributed by atoms with van der Waals surface area (Å²) < 4.78 is 34.1. The maximum absolute atomic E-state index is 13.5. The molecule has 1 amide bonds. The monoisotopic (exact) mass is 535 g/mol. The molecule has 37 heavy (non-hydrogen) atoms. The largest absolute Gasteiger partial charge is 0.459 e. The van der Waals surface area contributed by atoms with Crippen molar-refractivity contribution in [3.8, 4) is 0 Å². The van der Waals surface area contributed by atoms with Crippen LogP contribution >= 0.6 is 11.6 Å². The topological polar surface area (TPSA) is 92.0 Å². The number of hydrazone groups is 1. The average Bonchev–Trinajstić information content (AvgIpc) is 3.33. The number of benzene rings is 3. The molecule has 4 rings (SSSR count). The molecule has 3 aromatic carbocycles. The Labute approximate surface area is 221 Å². The first kappa shape index (κ1) is 26.3. The molecule has 0 atom stereocenters. The summed E-state index contributed by atoms with van der Waals surface area (Å²) in [5, 5.41) is 4.40. The van der Waals surface area contributed by atoms with E-state index in [1.165, 1.54) is 22.7 Å². The first-order chi connectivity index (χ1) is 17.8. The second kappa shape index (κ2) is 12.0. The Morgan fingerprint density at radius 1 is 0.919 bits per heavy atom. The SMILES string of the molecule is Cc1ccc(CN(Cc2ccc(/C=N\NC(=O)Cc3ccccc3)o2)S(=O)(=O)c2ccc(Cl)cc2)cc1. The van der Waals surface area contributed by atoms with Crippen LogP contribution in [0.5, 0.6) is 0 Å². The van der Waals surface area contributed by atoms with E-state index in [1.54, 1.807) is 24.3 Å². The second-order valence-electron chi connectivity index (χ2n) is 8.47. The van der Waals surface area contributed by atoms with E-state index >= 15 is 0 Å². The summed E-state index contributed by atoms with van der Waals surface area (Å²) >= 11 is 5.96. The molecule has 7 nitrogen and oxygen atoms in total. The summed E-state index contributed by atoms with van der Waals surface area (Å²) in [6.45, 7) is 2.14. The minimum absolute atomic E-state index is 0.00699. The number of halogens is 1. The van der Waals surface area contributed by atoms with Gasteiger partial charge >= 0.3 is 0 Å². The highest BCUT2D eigenvalue weighted by Crippen LogP contribution is 2.23. The fraction of sp³-hybridized carbons (Fsp3) is 0.143. The van der Waals surface area contributed by atoms with Crippen molar-refractivity contribution >= 4 is 33.7 Å². The zero-order valence-electron chi connectivity index (χ0n) is 20.2. The predicted molar refractivity (Wildman–Crippen MR) is 144 cm³/mol. The number of carbonyl (C=O) groups excluding carboxylic acids is 1. The third-order valence-corrected chi connectivity index (χ3v) is 7.59. The fourth-order valence-corrected chi connectivity index (χ4v) is 5.11. The average molecular weight is 536 g/mol. The zero-order chi connectivity index (χ0) is 26.3. The quantitative estimate of drug-likeness (QED) is 0.219. The van der Waals surface area contributed by atoms with Crippen LogP contribution in [0, 0.1) is 6.92 Å². The van der Waals surface area contributed by atoms with Gasteiger partial charge in [-0.2, -0.15) is 9.41 Å². The summed E-state index contributed by atoms with van der Waals surface area (Å²) in [4.78, 5) is 12.2. The normalized spacial score (nSPS) is 11.8. The number of nitrogens with zero attached hydrogens (tertiary/aromatic N) is 2. The molecule has 0 spiro atoms. The van der Waals surface area contributed by atoms with Gasteiger partial charge in [-0.3, -0.25) is 4.79 Å². The van der Waals surface area contributed by atoms with Gasteiger partial charge in [-0.15, -0.1) is 0 Å².